The van der Waals surface area contributed by atoms with Gasteiger partial charge in [0.15, 0.2) is 5.78 Å². The Morgan fingerprint density at radius 1 is 1.00 bits per heavy atom. The predicted octanol–water partition coefficient (Wildman–Crippen LogP) is 4.27. The summed E-state index contributed by atoms with van der Waals surface area (Å²) in [6.45, 7) is 3.75. The zero-order valence-electron chi connectivity index (χ0n) is 14.0. The minimum atomic E-state index is -0.231. The topological polar surface area (TPSA) is 70.0 Å². The lowest BCUT2D eigenvalue weighted by Gasteiger charge is -2.21. The number of carbonyl (C=O) groups is 2. The maximum atomic E-state index is 12.9. The molecule has 0 amide bonds. The molecule has 0 radical (unpaired) electrons. The van der Waals surface area contributed by atoms with Crippen LogP contribution in [0.25, 0.3) is 0 Å². The number of rotatable bonds is 3. The second-order valence-electron chi connectivity index (χ2n) is 6.03. The lowest BCUT2D eigenvalue weighted by atomic mass is 9.86. The molecular formula is C21H16N2O2. The van der Waals surface area contributed by atoms with Gasteiger partial charge in [0.2, 0.25) is 5.78 Å². The number of benzene rings is 2. The summed E-state index contributed by atoms with van der Waals surface area (Å²) in [6.07, 6.45) is 1.71. The van der Waals surface area contributed by atoms with Crippen LogP contribution >= 0.6 is 0 Å². The van der Waals surface area contributed by atoms with E-state index in [0.29, 0.717) is 28.0 Å². The molecule has 0 bridgehead atoms. The SMILES string of the molecule is CC(C)=CC1=C(Nc2cccc(C#N)c2)C(=O)c2ccccc2C1=O. The number of allylic oxidation sites excluding steroid dienone is 4. The van der Waals surface area contributed by atoms with E-state index in [0.717, 1.165) is 5.57 Å². The van der Waals surface area contributed by atoms with Gasteiger partial charge in [-0.25, -0.2) is 0 Å². The molecule has 122 valence electrons. The number of carbonyl (C=O) groups excluding carboxylic acids is 2. The van der Waals surface area contributed by atoms with Crippen molar-refractivity contribution < 1.29 is 9.59 Å². The molecule has 0 unspecified atom stereocenters. The van der Waals surface area contributed by atoms with E-state index in [9.17, 15) is 9.59 Å². The van der Waals surface area contributed by atoms with E-state index in [1.807, 2.05) is 13.8 Å². The molecule has 2 aromatic rings. The highest BCUT2D eigenvalue weighted by molar-refractivity contribution is 6.28. The van der Waals surface area contributed by atoms with E-state index in [1.165, 1.54) is 0 Å². The second kappa shape index (κ2) is 6.58. The Labute approximate surface area is 146 Å². The van der Waals surface area contributed by atoms with Gasteiger partial charge in [0.05, 0.1) is 22.9 Å². The van der Waals surface area contributed by atoms with E-state index in [2.05, 4.69) is 11.4 Å². The van der Waals surface area contributed by atoms with E-state index < -0.39 is 0 Å². The highest BCUT2D eigenvalue weighted by atomic mass is 16.1. The van der Waals surface area contributed by atoms with Crippen LogP contribution in [-0.2, 0) is 0 Å². The standard InChI is InChI=1S/C21H16N2O2/c1-13(2)10-18-19(23-15-7-5-6-14(11-15)12-22)21(25)17-9-4-3-8-16(17)20(18)24/h3-11,23H,1-2H3. The average Bonchev–Trinajstić information content (AvgIpc) is 2.62. The van der Waals surface area contributed by atoms with Gasteiger partial charge in [-0.3, -0.25) is 9.59 Å². The van der Waals surface area contributed by atoms with E-state index in [-0.39, 0.29) is 17.3 Å². The molecular weight excluding hydrogens is 312 g/mol. The minimum Gasteiger partial charge on any atom is -0.352 e. The lowest BCUT2D eigenvalue weighted by Crippen LogP contribution is -2.25. The molecule has 25 heavy (non-hydrogen) atoms. The van der Waals surface area contributed by atoms with Crippen LogP contribution in [0.2, 0.25) is 0 Å². The van der Waals surface area contributed by atoms with Gasteiger partial charge in [-0.15, -0.1) is 0 Å². The summed E-state index contributed by atoms with van der Waals surface area (Å²) in [5.74, 6) is -0.416. The molecule has 2 aromatic carbocycles. The molecule has 0 aromatic heterocycles. The van der Waals surface area contributed by atoms with Crippen LogP contribution < -0.4 is 5.32 Å². The number of hydrogen-bond acceptors (Lipinski definition) is 4. The molecule has 3 rings (SSSR count). The highest BCUT2D eigenvalue weighted by Crippen LogP contribution is 2.29. The fraction of sp³-hybridized carbons (Fsp3) is 0.0952. The van der Waals surface area contributed by atoms with Crippen molar-refractivity contribution in [2.45, 2.75) is 13.8 Å². The van der Waals surface area contributed by atoms with Crippen LogP contribution in [0.5, 0.6) is 0 Å². The summed E-state index contributed by atoms with van der Waals surface area (Å²) in [7, 11) is 0. The van der Waals surface area contributed by atoms with E-state index >= 15 is 0 Å². The first-order valence-corrected chi connectivity index (χ1v) is 7.86. The molecule has 1 N–H and O–H groups in total. The zero-order chi connectivity index (χ0) is 18.0. The summed E-state index contributed by atoms with van der Waals surface area (Å²) < 4.78 is 0. The molecule has 0 fully saturated rings. The molecule has 0 aliphatic heterocycles. The van der Waals surface area contributed by atoms with Crippen LogP contribution in [0.3, 0.4) is 0 Å². The summed E-state index contributed by atoms with van der Waals surface area (Å²) in [5, 5.41) is 12.1. The van der Waals surface area contributed by atoms with Gasteiger partial charge >= 0.3 is 0 Å². The van der Waals surface area contributed by atoms with Crippen LogP contribution in [0.4, 0.5) is 5.69 Å². The molecule has 0 spiro atoms. The Balaban J connectivity index is 2.15. The summed E-state index contributed by atoms with van der Waals surface area (Å²) in [6, 6.07) is 15.7. The summed E-state index contributed by atoms with van der Waals surface area (Å²) in [4.78, 5) is 25.8. The maximum absolute atomic E-state index is 12.9. The van der Waals surface area contributed by atoms with Gasteiger partial charge in [0.25, 0.3) is 0 Å². The fourth-order valence-corrected chi connectivity index (χ4v) is 2.76. The van der Waals surface area contributed by atoms with Gasteiger partial charge in [-0.1, -0.05) is 42.0 Å². The number of nitrogens with one attached hydrogen (secondary N) is 1. The number of hydrogen-bond donors (Lipinski definition) is 1. The van der Waals surface area contributed by atoms with Crippen molar-refractivity contribution >= 4 is 17.3 Å². The first-order valence-electron chi connectivity index (χ1n) is 7.86. The Morgan fingerprint density at radius 2 is 1.68 bits per heavy atom. The van der Waals surface area contributed by atoms with Gasteiger partial charge in [-0.05, 0) is 32.0 Å². The van der Waals surface area contributed by atoms with Crippen LogP contribution in [0, 0.1) is 11.3 Å². The molecule has 0 heterocycles. The van der Waals surface area contributed by atoms with Crippen molar-refractivity contribution in [3.8, 4) is 6.07 Å². The monoisotopic (exact) mass is 328 g/mol. The Hall–Kier alpha value is -3.45. The quantitative estimate of drug-likeness (QED) is 0.913. The first kappa shape index (κ1) is 16.4. The Bertz CT molecular complexity index is 987. The van der Waals surface area contributed by atoms with E-state index in [4.69, 9.17) is 5.26 Å². The van der Waals surface area contributed by atoms with Gasteiger partial charge < -0.3 is 5.32 Å². The van der Waals surface area contributed by atoms with Crippen molar-refractivity contribution in [3.05, 3.63) is 88.1 Å². The largest absolute Gasteiger partial charge is 0.352 e. The van der Waals surface area contributed by atoms with Crippen LogP contribution in [-0.4, -0.2) is 11.6 Å². The third-order valence-electron chi connectivity index (χ3n) is 3.85. The molecule has 0 saturated heterocycles. The van der Waals surface area contributed by atoms with Gasteiger partial charge in [0.1, 0.15) is 0 Å². The number of fused-ring (bicyclic) bond motifs is 1. The van der Waals surface area contributed by atoms with Crippen molar-refractivity contribution in [1.29, 1.82) is 5.26 Å². The molecule has 4 nitrogen and oxygen atoms in total. The first-order chi connectivity index (χ1) is 12.0. The molecule has 1 aliphatic carbocycles. The second-order valence-corrected chi connectivity index (χ2v) is 6.03. The maximum Gasteiger partial charge on any atom is 0.210 e. The normalized spacial score (nSPS) is 13.2. The predicted molar refractivity (Wildman–Crippen MR) is 96.3 cm³/mol. The average molecular weight is 328 g/mol. The molecule has 4 heteroatoms. The summed E-state index contributed by atoms with van der Waals surface area (Å²) >= 11 is 0. The highest BCUT2D eigenvalue weighted by Gasteiger charge is 2.31. The number of Topliss-reactive ketones (excluding diaryl/α,β-unsaturated/α-hetero) is 2. The third-order valence-corrected chi connectivity index (χ3v) is 3.85. The van der Waals surface area contributed by atoms with Crippen molar-refractivity contribution in [1.82, 2.24) is 0 Å². The van der Waals surface area contributed by atoms with Crippen molar-refractivity contribution in [2.75, 3.05) is 5.32 Å². The Kier molecular flexibility index (Phi) is 4.32. The minimum absolute atomic E-state index is 0.185. The number of anilines is 1. The molecule has 0 atom stereocenters. The van der Waals surface area contributed by atoms with Gasteiger partial charge in [-0.2, -0.15) is 5.26 Å². The lowest BCUT2D eigenvalue weighted by molar-refractivity contribution is 0.0978. The molecule has 0 saturated carbocycles. The third kappa shape index (κ3) is 3.13. The smallest absolute Gasteiger partial charge is 0.210 e. The summed E-state index contributed by atoms with van der Waals surface area (Å²) in [5.41, 5.74) is 3.36. The van der Waals surface area contributed by atoms with Crippen molar-refractivity contribution in [3.63, 3.8) is 0 Å². The number of nitrogens with zero attached hydrogens (tertiary/aromatic N) is 1. The Morgan fingerprint density at radius 3 is 2.32 bits per heavy atom. The van der Waals surface area contributed by atoms with Crippen LogP contribution in [0.1, 0.15) is 40.1 Å². The zero-order valence-corrected chi connectivity index (χ0v) is 14.0. The molecule has 1 aliphatic rings. The van der Waals surface area contributed by atoms with E-state index in [1.54, 1.807) is 54.6 Å². The fourth-order valence-electron chi connectivity index (χ4n) is 2.76. The van der Waals surface area contributed by atoms with Gasteiger partial charge in [0, 0.05) is 16.8 Å². The number of ketones is 2. The van der Waals surface area contributed by atoms with Crippen molar-refractivity contribution in [2.24, 2.45) is 0 Å². The number of nitriles is 1. The van der Waals surface area contributed by atoms with Crippen LogP contribution in [0.15, 0.2) is 71.5 Å².